The van der Waals surface area contributed by atoms with E-state index < -0.39 is 10.0 Å². The minimum Gasteiger partial charge on any atom is -0.349 e. The Hall–Kier alpha value is -2.49. The Morgan fingerprint density at radius 1 is 1.11 bits per heavy atom. The second kappa shape index (κ2) is 9.87. The molecule has 7 nitrogen and oxygen atoms in total. The van der Waals surface area contributed by atoms with E-state index in [0.717, 1.165) is 42.5 Å². The summed E-state index contributed by atoms with van der Waals surface area (Å²) < 4.78 is 30.5. The summed E-state index contributed by atoms with van der Waals surface area (Å²) in [6, 6.07) is 13.3. The zero-order valence-electron chi connectivity index (χ0n) is 19.9. The topological polar surface area (TPSA) is 88.5 Å². The normalized spacial score (nSPS) is 19.5. The Bertz CT molecular complexity index is 1400. The second-order valence-corrected chi connectivity index (χ2v) is 12.4. The molecule has 1 atom stereocenters. The van der Waals surface area contributed by atoms with Gasteiger partial charge in [0, 0.05) is 25.6 Å². The van der Waals surface area contributed by atoms with Crippen molar-refractivity contribution in [3.05, 3.63) is 63.3 Å². The van der Waals surface area contributed by atoms with E-state index in [2.05, 4.69) is 17.4 Å². The van der Waals surface area contributed by atoms with Gasteiger partial charge in [0.05, 0.1) is 21.2 Å². The van der Waals surface area contributed by atoms with Crippen molar-refractivity contribution in [1.29, 1.82) is 0 Å². The number of carbonyl (C=O) groups is 1. The molecule has 2 aromatic carbocycles. The maximum absolute atomic E-state index is 13.3. The predicted octanol–water partition coefficient (Wildman–Crippen LogP) is 4.07. The molecule has 186 valence electrons. The van der Waals surface area contributed by atoms with Gasteiger partial charge in [0.2, 0.25) is 15.9 Å². The van der Waals surface area contributed by atoms with Gasteiger partial charge in [-0.15, -0.1) is 0 Å². The highest BCUT2D eigenvalue weighted by Gasteiger charge is 2.33. The number of sulfonamides is 1. The molecule has 2 heterocycles. The molecule has 1 aliphatic heterocycles. The van der Waals surface area contributed by atoms with E-state index in [4.69, 9.17) is 0 Å². The van der Waals surface area contributed by atoms with E-state index in [-0.39, 0.29) is 27.6 Å². The van der Waals surface area contributed by atoms with Crippen molar-refractivity contribution in [2.75, 3.05) is 13.1 Å². The molecule has 0 bridgehead atoms. The number of rotatable bonds is 6. The lowest BCUT2D eigenvalue weighted by Gasteiger charge is -2.32. The zero-order chi connectivity index (χ0) is 24.6. The molecule has 0 spiro atoms. The number of aromatic nitrogens is 1. The molecule has 1 amide bonds. The fourth-order valence-electron chi connectivity index (χ4n) is 5.34. The van der Waals surface area contributed by atoms with E-state index in [0.29, 0.717) is 37.2 Å². The number of nitrogens with zero attached hydrogens (tertiary/aromatic N) is 2. The van der Waals surface area contributed by atoms with Gasteiger partial charge in [0.25, 0.3) is 0 Å². The summed E-state index contributed by atoms with van der Waals surface area (Å²) >= 11 is 1.08. The SMILES string of the molecule is CCCn1c(=O)sc2cc(S(=O)(=O)N3CCC(C(=O)N[C@@H]4CCCc5ccccc54)CC3)ccc21. The van der Waals surface area contributed by atoms with Gasteiger partial charge in [-0.1, -0.05) is 42.5 Å². The highest BCUT2D eigenvalue weighted by Crippen LogP contribution is 2.31. The molecule has 3 aromatic rings. The van der Waals surface area contributed by atoms with Gasteiger partial charge >= 0.3 is 4.87 Å². The molecule has 1 aliphatic carbocycles. The monoisotopic (exact) mass is 513 g/mol. The number of aryl methyl sites for hydroxylation is 2. The van der Waals surface area contributed by atoms with Crippen LogP contribution in [0.5, 0.6) is 0 Å². The van der Waals surface area contributed by atoms with Crippen LogP contribution in [0.25, 0.3) is 10.2 Å². The van der Waals surface area contributed by atoms with Crippen molar-refractivity contribution < 1.29 is 13.2 Å². The molecule has 1 fully saturated rings. The number of thiazole rings is 1. The molecule has 1 saturated heterocycles. The van der Waals surface area contributed by atoms with Gasteiger partial charge in [-0.05, 0) is 67.9 Å². The Morgan fingerprint density at radius 3 is 2.66 bits per heavy atom. The minimum atomic E-state index is -3.69. The average Bonchev–Trinajstić information content (AvgIpc) is 3.18. The van der Waals surface area contributed by atoms with Gasteiger partial charge in [-0.25, -0.2) is 8.42 Å². The van der Waals surface area contributed by atoms with Crippen molar-refractivity contribution in [1.82, 2.24) is 14.2 Å². The lowest BCUT2D eigenvalue weighted by Crippen LogP contribution is -2.44. The van der Waals surface area contributed by atoms with Crippen LogP contribution in [0.3, 0.4) is 0 Å². The third kappa shape index (κ3) is 4.69. The largest absolute Gasteiger partial charge is 0.349 e. The molecule has 2 aliphatic rings. The summed E-state index contributed by atoms with van der Waals surface area (Å²) in [4.78, 5) is 25.5. The van der Waals surface area contributed by atoms with Gasteiger partial charge in [-0.2, -0.15) is 4.31 Å². The maximum Gasteiger partial charge on any atom is 0.308 e. The highest BCUT2D eigenvalue weighted by atomic mass is 32.2. The predicted molar refractivity (Wildman–Crippen MR) is 138 cm³/mol. The first-order valence-corrected chi connectivity index (χ1v) is 14.7. The molecular formula is C26H31N3O4S2. The minimum absolute atomic E-state index is 0.0206. The van der Waals surface area contributed by atoms with Crippen molar-refractivity contribution in [3.8, 4) is 0 Å². The number of amides is 1. The standard InChI is InChI=1S/C26H31N3O4S2/c1-2-14-29-23-11-10-20(17-24(23)34-26(29)31)35(32,33)28-15-12-19(13-16-28)25(30)27-22-9-5-7-18-6-3-4-8-21(18)22/h3-4,6,8,10-11,17,19,22H,2,5,7,9,12-16H2,1H3,(H,27,30)/t22-/m1/s1. The molecule has 35 heavy (non-hydrogen) atoms. The van der Waals surface area contributed by atoms with E-state index >= 15 is 0 Å². The fourth-order valence-corrected chi connectivity index (χ4v) is 7.87. The summed E-state index contributed by atoms with van der Waals surface area (Å²) in [5.74, 6) is -0.168. The molecule has 1 N–H and O–H groups in total. The second-order valence-electron chi connectivity index (χ2n) is 9.48. The molecule has 9 heteroatoms. The Labute approximate surface area is 209 Å². The lowest BCUT2D eigenvalue weighted by molar-refractivity contribution is -0.127. The first-order chi connectivity index (χ1) is 16.9. The van der Waals surface area contributed by atoms with E-state index in [9.17, 15) is 18.0 Å². The molecule has 0 radical (unpaired) electrons. The van der Waals surface area contributed by atoms with Gasteiger partial charge < -0.3 is 5.32 Å². The molecule has 0 unspecified atom stereocenters. The average molecular weight is 514 g/mol. The van der Waals surface area contributed by atoms with Crippen LogP contribution in [0.4, 0.5) is 0 Å². The van der Waals surface area contributed by atoms with Crippen LogP contribution in [-0.2, 0) is 27.8 Å². The zero-order valence-corrected chi connectivity index (χ0v) is 21.5. The maximum atomic E-state index is 13.3. The lowest BCUT2D eigenvalue weighted by atomic mass is 9.87. The van der Waals surface area contributed by atoms with Crippen molar-refractivity contribution >= 4 is 37.5 Å². The molecular weight excluding hydrogens is 482 g/mol. The molecule has 1 aromatic heterocycles. The number of benzene rings is 2. The summed E-state index contributed by atoms with van der Waals surface area (Å²) in [5, 5.41) is 3.23. The Balaban J connectivity index is 1.25. The highest BCUT2D eigenvalue weighted by molar-refractivity contribution is 7.89. The number of fused-ring (bicyclic) bond motifs is 2. The fraction of sp³-hybridized carbons (Fsp3) is 0.462. The van der Waals surface area contributed by atoms with Crippen LogP contribution in [0.2, 0.25) is 0 Å². The third-order valence-electron chi connectivity index (χ3n) is 7.24. The molecule has 0 saturated carbocycles. The van der Waals surface area contributed by atoms with Crippen LogP contribution < -0.4 is 10.2 Å². The summed E-state index contributed by atoms with van der Waals surface area (Å²) in [6.45, 7) is 3.25. The van der Waals surface area contributed by atoms with Crippen LogP contribution in [0.1, 0.15) is 56.2 Å². The van der Waals surface area contributed by atoms with Gasteiger partial charge in [-0.3, -0.25) is 14.2 Å². The van der Waals surface area contributed by atoms with E-state index in [1.54, 1.807) is 22.8 Å². The smallest absolute Gasteiger partial charge is 0.308 e. The van der Waals surface area contributed by atoms with Crippen LogP contribution in [-0.4, -0.2) is 36.3 Å². The third-order valence-corrected chi connectivity index (χ3v) is 10.1. The van der Waals surface area contributed by atoms with Gasteiger partial charge in [0.1, 0.15) is 0 Å². The number of carbonyl (C=O) groups excluding carboxylic acids is 1. The summed E-state index contributed by atoms with van der Waals surface area (Å²) in [6.07, 6.45) is 4.88. The van der Waals surface area contributed by atoms with Crippen LogP contribution in [0.15, 0.2) is 52.2 Å². The number of nitrogens with one attached hydrogen (secondary N) is 1. The number of hydrogen-bond acceptors (Lipinski definition) is 5. The van der Waals surface area contributed by atoms with Crippen molar-refractivity contribution in [3.63, 3.8) is 0 Å². The first-order valence-electron chi connectivity index (χ1n) is 12.4. The summed E-state index contributed by atoms with van der Waals surface area (Å²) in [5.41, 5.74) is 3.29. The Kier molecular flexibility index (Phi) is 6.83. The summed E-state index contributed by atoms with van der Waals surface area (Å²) in [7, 11) is -3.69. The van der Waals surface area contributed by atoms with E-state index in [1.807, 2.05) is 19.1 Å². The quantitative estimate of drug-likeness (QED) is 0.538. The first kappa shape index (κ1) is 24.2. The van der Waals surface area contributed by atoms with Crippen LogP contribution in [0, 0.1) is 5.92 Å². The van der Waals surface area contributed by atoms with Gasteiger partial charge in [0.15, 0.2) is 0 Å². The van der Waals surface area contributed by atoms with Crippen molar-refractivity contribution in [2.45, 2.75) is 62.9 Å². The van der Waals surface area contributed by atoms with Crippen molar-refractivity contribution in [2.24, 2.45) is 5.92 Å². The number of piperidine rings is 1. The van der Waals surface area contributed by atoms with E-state index in [1.165, 1.54) is 15.4 Å². The number of hydrogen-bond donors (Lipinski definition) is 1. The Morgan fingerprint density at radius 2 is 1.89 bits per heavy atom. The van der Waals surface area contributed by atoms with Crippen LogP contribution >= 0.6 is 11.3 Å². The molecule has 5 rings (SSSR count).